The summed E-state index contributed by atoms with van der Waals surface area (Å²) in [7, 11) is 0. The zero-order valence-corrected chi connectivity index (χ0v) is 13.8. The van der Waals surface area contributed by atoms with Gasteiger partial charge < -0.3 is 10.6 Å². The molecule has 3 rings (SSSR count). The molecule has 0 radical (unpaired) electrons. The lowest BCUT2D eigenvalue weighted by molar-refractivity contribution is -0.126. The Morgan fingerprint density at radius 2 is 1.82 bits per heavy atom. The van der Waals surface area contributed by atoms with Crippen molar-refractivity contribution in [3.05, 3.63) is 29.8 Å². The third-order valence-electron chi connectivity index (χ3n) is 4.38. The zero-order valence-electron chi connectivity index (χ0n) is 12.3. The number of alkyl halides is 2. The SMILES string of the molecule is CC1(C(=O)NCc2ccc(NC(=O)C3CC3)cc2)CC1(Cl)Cl. The molecule has 2 aliphatic carbocycles. The molecular formula is C16H18Cl2N2O2. The number of benzene rings is 1. The fraction of sp³-hybridized carbons (Fsp3) is 0.500. The molecule has 0 saturated heterocycles. The lowest BCUT2D eigenvalue weighted by Crippen LogP contribution is -2.32. The second-order valence-electron chi connectivity index (χ2n) is 6.36. The summed E-state index contributed by atoms with van der Waals surface area (Å²) in [5.74, 6) is 0.136. The van der Waals surface area contributed by atoms with Crippen LogP contribution in [0.5, 0.6) is 0 Å². The highest BCUT2D eigenvalue weighted by molar-refractivity contribution is 6.53. The van der Waals surface area contributed by atoms with E-state index >= 15 is 0 Å². The number of carbonyl (C=O) groups excluding carboxylic acids is 2. The van der Waals surface area contributed by atoms with Crippen LogP contribution in [0.2, 0.25) is 0 Å². The Labute approximate surface area is 139 Å². The van der Waals surface area contributed by atoms with Gasteiger partial charge in [-0.15, -0.1) is 23.2 Å². The van der Waals surface area contributed by atoms with E-state index in [0.717, 1.165) is 24.1 Å². The van der Waals surface area contributed by atoms with E-state index in [2.05, 4.69) is 10.6 Å². The Morgan fingerprint density at radius 3 is 2.32 bits per heavy atom. The van der Waals surface area contributed by atoms with Crippen LogP contribution in [0.4, 0.5) is 5.69 Å². The first kappa shape index (κ1) is 15.6. The van der Waals surface area contributed by atoms with Crippen LogP contribution in [0.3, 0.4) is 0 Å². The minimum absolute atomic E-state index is 0.0864. The van der Waals surface area contributed by atoms with Crippen molar-refractivity contribution in [3.8, 4) is 0 Å². The van der Waals surface area contributed by atoms with Crippen molar-refractivity contribution >= 4 is 40.7 Å². The summed E-state index contributed by atoms with van der Waals surface area (Å²) in [6.07, 6.45) is 2.44. The highest BCUT2D eigenvalue weighted by atomic mass is 35.5. The minimum atomic E-state index is -0.950. The number of carbonyl (C=O) groups is 2. The van der Waals surface area contributed by atoms with Gasteiger partial charge in [0.2, 0.25) is 11.8 Å². The molecule has 1 unspecified atom stereocenters. The first-order valence-corrected chi connectivity index (χ1v) is 8.13. The highest BCUT2D eigenvalue weighted by Gasteiger charge is 2.67. The van der Waals surface area contributed by atoms with E-state index in [-0.39, 0.29) is 17.7 Å². The molecule has 2 saturated carbocycles. The third-order valence-corrected chi connectivity index (χ3v) is 5.48. The molecule has 0 spiro atoms. The Bertz CT molecular complexity index is 611. The van der Waals surface area contributed by atoms with Crippen LogP contribution in [-0.4, -0.2) is 16.1 Å². The molecule has 0 bridgehead atoms. The molecule has 0 heterocycles. The van der Waals surface area contributed by atoms with Crippen molar-refractivity contribution in [3.63, 3.8) is 0 Å². The summed E-state index contributed by atoms with van der Waals surface area (Å²) in [5.41, 5.74) is 1.03. The Hall–Kier alpha value is -1.26. The number of rotatable bonds is 5. The second-order valence-corrected chi connectivity index (χ2v) is 7.84. The van der Waals surface area contributed by atoms with Crippen molar-refractivity contribution in [2.24, 2.45) is 11.3 Å². The van der Waals surface area contributed by atoms with Gasteiger partial charge in [-0.2, -0.15) is 0 Å². The first-order chi connectivity index (χ1) is 10.3. The lowest BCUT2D eigenvalue weighted by Gasteiger charge is -2.13. The van der Waals surface area contributed by atoms with Crippen LogP contribution < -0.4 is 10.6 Å². The van der Waals surface area contributed by atoms with Crippen LogP contribution in [0.1, 0.15) is 31.7 Å². The number of anilines is 1. The monoisotopic (exact) mass is 340 g/mol. The fourth-order valence-corrected chi connectivity index (χ4v) is 3.03. The molecule has 1 atom stereocenters. The molecule has 6 heteroatoms. The van der Waals surface area contributed by atoms with Gasteiger partial charge in [0.05, 0.1) is 5.41 Å². The Balaban J connectivity index is 1.51. The molecule has 2 aliphatic rings. The molecule has 1 aromatic rings. The average molecular weight is 341 g/mol. The standard InChI is InChI=1S/C16H18Cl2N2O2/c1-15(9-16(15,17)18)14(22)19-8-10-2-6-12(7-3-10)20-13(21)11-4-5-11/h2-3,6-7,11H,4-5,8-9H2,1H3,(H,19,22)(H,20,21). The minimum Gasteiger partial charge on any atom is -0.351 e. The van der Waals surface area contributed by atoms with Gasteiger partial charge in [0.25, 0.3) is 0 Å². The number of halogens is 2. The topological polar surface area (TPSA) is 58.2 Å². The number of hydrogen-bond acceptors (Lipinski definition) is 2. The van der Waals surface area contributed by atoms with E-state index in [0.29, 0.717) is 13.0 Å². The van der Waals surface area contributed by atoms with Gasteiger partial charge in [-0.05, 0) is 43.9 Å². The fourth-order valence-electron chi connectivity index (χ4n) is 2.32. The average Bonchev–Trinajstić information content (AvgIpc) is 3.36. The van der Waals surface area contributed by atoms with E-state index in [4.69, 9.17) is 23.2 Å². The van der Waals surface area contributed by atoms with Gasteiger partial charge in [-0.25, -0.2) is 0 Å². The van der Waals surface area contributed by atoms with Crippen LogP contribution in [0.15, 0.2) is 24.3 Å². The molecule has 0 aliphatic heterocycles. The lowest BCUT2D eigenvalue weighted by atomic mass is 10.1. The van der Waals surface area contributed by atoms with Gasteiger partial charge in [-0.3, -0.25) is 9.59 Å². The Morgan fingerprint density at radius 1 is 1.23 bits per heavy atom. The van der Waals surface area contributed by atoms with Crippen LogP contribution in [0.25, 0.3) is 0 Å². The summed E-state index contributed by atoms with van der Waals surface area (Å²) in [6, 6.07) is 7.45. The smallest absolute Gasteiger partial charge is 0.229 e. The molecule has 1 aromatic carbocycles. The van der Waals surface area contributed by atoms with Crippen molar-refractivity contribution < 1.29 is 9.59 Å². The van der Waals surface area contributed by atoms with Crippen molar-refractivity contribution in [1.29, 1.82) is 0 Å². The van der Waals surface area contributed by atoms with E-state index in [9.17, 15) is 9.59 Å². The van der Waals surface area contributed by atoms with Gasteiger partial charge in [0, 0.05) is 18.2 Å². The number of nitrogens with one attached hydrogen (secondary N) is 2. The van der Waals surface area contributed by atoms with E-state index in [1.54, 1.807) is 6.92 Å². The maximum atomic E-state index is 12.1. The predicted molar refractivity (Wildman–Crippen MR) is 86.8 cm³/mol. The van der Waals surface area contributed by atoms with Crippen LogP contribution in [0, 0.1) is 11.3 Å². The van der Waals surface area contributed by atoms with E-state index in [1.807, 2.05) is 24.3 Å². The van der Waals surface area contributed by atoms with Crippen LogP contribution >= 0.6 is 23.2 Å². The largest absolute Gasteiger partial charge is 0.351 e. The number of hydrogen-bond donors (Lipinski definition) is 2. The molecule has 2 fully saturated rings. The quantitative estimate of drug-likeness (QED) is 0.808. The number of amides is 2. The third kappa shape index (κ3) is 3.08. The van der Waals surface area contributed by atoms with Crippen LogP contribution in [-0.2, 0) is 16.1 Å². The molecule has 0 aromatic heterocycles. The second kappa shape index (κ2) is 5.43. The maximum absolute atomic E-state index is 12.1. The summed E-state index contributed by atoms with van der Waals surface area (Å²) in [5, 5.41) is 5.73. The van der Waals surface area contributed by atoms with E-state index < -0.39 is 9.75 Å². The summed E-state index contributed by atoms with van der Waals surface area (Å²) < 4.78 is -0.950. The highest BCUT2D eigenvalue weighted by Crippen LogP contribution is 2.63. The molecular weight excluding hydrogens is 323 g/mol. The van der Waals surface area contributed by atoms with Crippen molar-refractivity contribution in [2.75, 3.05) is 5.32 Å². The molecule has 2 N–H and O–H groups in total. The summed E-state index contributed by atoms with van der Waals surface area (Å²) >= 11 is 12.0. The summed E-state index contributed by atoms with van der Waals surface area (Å²) in [6.45, 7) is 2.17. The molecule has 118 valence electrons. The molecule has 22 heavy (non-hydrogen) atoms. The zero-order chi connectivity index (χ0) is 16.0. The van der Waals surface area contributed by atoms with Gasteiger partial charge in [0.1, 0.15) is 4.33 Å². The summed E-state index contributed by atoms with van der Waals surface area (Å²) in [4.78, 5) is 23.7. The van der Waals surface area contributed by atoms with Gasteiger partial charge >= 0.3 is 0 Å². The maximum Gasteiger partial charge on any atom is 0.229 e. The predicted octanol–water partition coefficient (Wildman–Crippen LogP) is 3.24. The van der Waals surface area contributed by atoms with E-state index in [1.165, 1.54) is 0 Å². The Kier molecular flexibility index (Phi) is 3.86. The molecule has 4 nitrogen and oxygen atoms in total. The normalized spacial score (nSPS) is 25.4. The van der Waals surface area contributed by atoms with Gasteiger partial charge in [0.15, 0.2) is 0 Å². The van der Waals surface area contributed by atoms with Crippen molar-refractivity contribution in [2.45, 2.75) is 37.1 Å². The van der Waals surface area contributed by atoms with Gasteiger partial charge in [-0.1, -0.05) is 12.1 Å². The first-order valence-electron chi connectivity index (χ1n) is 7.38. The molecule has 2 amide bonds. The van der Waals surface area contributed by atoms with Crippen molar-refractivity contribution in [1.82, 2.24) is 5.32 Å².